The van der Waals surface area contributed by atoms with E-state index in [0.717, 1.165) is 23.1 Å². The van der Waals surface area contributed by atoms with Crippen LogP contribution < -0.4 is 0 Å². The first-order chi connectivity index (χ1) is 12.7. The maximum absolute atomic E-state index is 11.5. The Kier molecular flexibility index (Phi) is 9.00. The van der Waals surface area contributed by atoms with Crippen molar-refractivity contribution in [2.24, 2.45) is 0 Å². The summed E-state index contributed by atoms with van der Waals surface area (Å²) in [7, 11) is 0. The number of carbonyl (C=O) groups is 2. The van der Waals surface area contributed by atoms with Crippen molar-refractivity contribution in [3.8, 4) is 0 Å². The van der Waals surface area contributed by atoms with Gasteiger partial charge in [-0.05, 0) is 50.0 Å². The zero-order chi connectivity index (χ0) is 20.4. The van der Waals surface area contributed by atoms with Crippen molar-refractivity contribution in [3.63, 3.8) is 0 Å². The number of carbonyl (C=O) groups excluding carboxylic acids is 2. The van der Waals surface area contributed by atoms with E-state index in [2.05, 4.69) is 20.1 Å². The van der Waals surface area contributed by atoms with Gasteiger partial charge in [-0.3, -0.25) is 0 Å². The first kappa shape index (κ1) is 22.2. The van der Waals surface area contributed by atoms with Gasteiger partial charge >= 0.3 is 11.9 Å². The fourth-order valence-corrected chi connectivity index (χ4v) is 2.17. The number of rotatable bonds is 9. The minimum absolute atomic E-state index is 0.331. The van der Waals surface area contributed by atoms with Gasteiger partial charge in [0, 0.05) is 17.6 Å². The van der Waals surface area contributed by atoms with Crippen molar-refractivity contribution in [1.82, 2.24) is 0 Å². The van der Waals surface area contributed by atoms with Gasteiger partial charge in [0.25, 0.3) is 0 Å². The lowest BCUT2D eigenvalue weighted by atomic mass is 10.0. The van der Waals surface area contributed by atoms with Gasteiger partial charge in [-0.15, -0.1) is 0 Å². The Balaban J connectivity index is 2.73. The zero-order valence-corrected chi connectivity index (χ0v) is 16.6. The van der Waals surface area contributed by atoms with Crippen LogP contribution in [0.1, 0.15) is 45.2 Å². The highest BCUT2D eigenvalue weighted by atomic mass is 16.5. The number of ether oxygens (including phenoxy) is 2. The van der Waals surface area contributed by atoms with E-state index in [0.29, 0.717) is 29.9 Å². The molecule has 0 heterocycles. The molecular formula is C23H28O4. The molecule has 27 heavy (non-hydrogen) atoms. The number of benzene rings is 1. The summed E-state index contributed by atoms with van der Waals surface area (Å²) in [6.45, 7) is 14.5. The molecule has 144 valence electrons. The third kappa shape index (κ3) is 7.90. The monoisotopic (exact) mass is 368 g/mol. The van der Waals surface area contributed by atoms with Crippen LogP contribution in [0.15, 0.2) is 66.5 Å². The van der Waals surface area contributed by atoms with E-state index in [9.17, 15) is 9.59 Å². The molecule has 0 amide bonds. The topological polar surface area (TPSA) is 52.6 Å². The van der Waals surface area contributed by atoms with Gasteiger partial charge < -0.3 is 9.47 Å². The summed E-state index contributed by atoms with van der Waals surface area (Å²) in [5, 5.41) is 0. The Labute approximate surface area is 161 Å². The van der Waals surface area contributed by atoms with E-state index in [-0.39, 0.29) is 5.97 Å². The van der Waals surface area contributed by atoms with E-state index < -0.39 is 5.97 Å². The molecule has 0 aliphatic carbocycles. The van der Waals surface area contributed by atoms with Crippen LogP contribution in [0.3, 0.4) is 0 Å². The first-order valence-electron chi connectivity index (χ1n) is 8.91. The summed E-state index contributed by atoms with van der Waals surface area (Å²) in [5.74, 6) is -0.269. The van der Waals surface area contributed by atoms with Crippen molar-refractivity contribution in [2.45, 2.75) is 40.5 Å². The Morgan fingerprint density at radius 3 is 2.07 bits per heavy atom. The number of esters is 2. The molecule has 0 unspecified atom stereocenters. The molecule has 0 fully saturated rings. The van der Waals surface area contributed by atoms with Crippen molar-refractivity contribution < 1.29 is 19.1 Å². The van der Waals surface area contributed by atoms with Gasteiger partial charge in [-0.25, -0.2) is 9.59 Å². The predicted octanol–water partition coefficient (Wildman–Crippen LogP) is 5.16. The minimum atomic E-state index is -0.424. The molecule has 0 radical (unpaired) electrons. The fraction of sp³-hybridized carbons (Fsp3) is 0.304. The second-order valence-corrected chi connectivity index (χ2v) is 6.36. The molecule has 0 saturated heterocycles. The summed E-state index contributed by atoms with van der Waals surface area (Å²) >= 11 is 0. The summed E-state index contributed by atoms with van der Waals surface area (Å²) in [6.07, 6.45) is 5.23. The van der Waals surface area contributed by atoms with Gasteiger partial charge in [-0.2, -0.15) is 0 Å². The van der Waals surface area contributed by atoms with Gasteiger partial charge in [0.1, 0.15) is 5.76 Å². The molecule has 0 aliphatic heterocycles. The van der Waals surface area contributed by atoms with Crippen molar-refractivity contribution >= 4 is 17.5 Å². The smallest absolute Gasteiger partial charge is 0.338 e. The zero-order valence-electron chi connectivity index (χ0n) is 16.6. The molecule has 0 aromatic heterocycles. The maximum atomic E-state index is 11.5. The van der Waals surface area contributed by atoms with Crippen molar-refractivity contribution in [1.29, 1.82) is 0 Å². The SMILES string of the molecule is C=C(C)C(=O)OCCc1ccc(C(=CC=C(C)OC(=O)C(=C)C)CC)cc1. The van der Waals surface area contributed by atoms with Crippen LogP contribution in [-0.4, -0.2) is 18.5 Å². The van der Waals surface area contributed by atoms with Crippen molar-refractivity contribution in [3.05, 3.63) is 77.6 Å². The standard InChI is InChI=1S/C23H28O4/c1-7-20(11-8-18(6)27-23(25)17(4)5)21-12-9-19(10-13-21)14-15-26-22(24)16(2)3/h8-13H,2,4,7,14-15H2,1,3,5-6H3. The Morgan fingerprint density at radius 2 is 1.56 bits per heavy atom. The van der Waals surface area contributed by atoms with Crippen LogP contribution in [0.4, 0.5) is 0 Å². The van der Waals surface area contributed by atoms with E-state index in [1.807, 2.05) is 30.3 Å². The summed E-state index contributed by atoms with van der Waals surface area (Å²) < 4.78 is 10.3. The van der Waals surface area contributed by atoms with E-state index >= 15 is 0 Å². The molecule has 0 atom stereocenters. The van der Waals surface area contributed by atoms with Crippen LogP contribution in [0, 0.1) is 0 Å². The Morgan fingerprint density at radius 1 is 0.963 bits per heavy atom. The van der Waals surface area contributed by atoms with E-state index in [4.69, 9.17) is 9.47 Å². The second-order valence-electron chi connectivity index (χ2n) is 6.36. The van der Waals surface area contributed by atoms with Crippen LogP contribution >= 0.6 is 0 Å². The van der Waals surface area contributed by atoms with Crippen LogP contribution in [-0.2, 0) is 25.5 Å². The average Bonchev–Trinajstić information content (AvgIpc) is 2.63. The minimum Gasteiger partial charge on any atom is -0.462 e. The Bertz CT molecular complexity index is 764. The maximum Gasteiger partial charge on any atom is 0.338 e. The highest BCUT2D eigenvalue weighted by Gasteiger charge is 2.05. The normalized spacial score (nSPS) is 11.7. The lowest BCUT2D eigenvalue weighted by molar-refractivity contribution is -0.139. The molecule has 0 spiro atoms. The van der Waals surface area contributed by atoms with Crippen LogP contribution in [0.5, 0.6) is 0 Å². The first-order valence-corrected chi connectivity index (χ1v) is 8.91. The molecule has 1 aromatic rings. The molecule has 4 nitrogen and oxygen atoms in total. The predicted molar refractivity (Wildman–Crippen MR) is 109 cm³/mol. The van der Waals surface area contributed by atoms with E-state index in [1.54, 1.807) is 26.8 Å². The molecule has 0 N–H and O–H groups in total. The lowest BCUT2D eigenvalue weighted by Gasteiger charge is -2.08. The highest BCUT2D eigenvalue weighted by molar-refractivity contribution is 5.87. The molecule has 0 bridgehead atoms. The second kappa shape index (κ2) is 11.0. The summed E-state index contributed by atoms with van der Waals surface area (Å²) in [4.78, 5) is 22.9. The Hall–Kier alpha value is -2.88. The van der Waals surface area contributed by atoms with Crippen molar-refractivity contribution in [2.75, 3.05) is 6.61 Å². The van der Waals surface area contributed by atoms with Gasteiger partial charge in [-0.1, -0.05) is 50.4 Å². The quantitative estimate of drug-likeness (QED) is 0.261. The molecule has 1 aromatic carbocycles. The van der Waals surface area contributed by atoms with Gasteiger partial charge in [0.15, 0.2) is 0 Å². The lowest BCUT2D eigenvalue weighted by Crippen LogP contribution is -2.07. The van der Waals surface area contributed by atoms with Crippen LogP contribution in [0.2, 0.25) is 0 Å². The molecule has 4 heteroatoms. The van der Waals surface area contributed by atoms with E-state index in [1.165, 1.54) is 0 Å². The molecule has 0 saturated carbocycles. The number of allylic oxidation sites excluding steroid dienone is 4. The molecule has 0 aliphatic rings. The molecular weight excluding hydrogens is 340 g/mol. The summed E-state index contributed by atoms with van der Waals surface area (Å²) in [5.41, 5.74) is 4.08. The number of hydrogen-bond donors (Lipinski definition) is 0. The van der Waals surface area contributed by atoms with Crippen LogP contribution in [0.25, 0.3) is 5.57 Å². The number of hydrogen-bond acceptors (Lipinski definition) is 4. The average molecular weight is 368 g/mol. The summed E-state index contributed by atoms with van der Waals surface area (Å²) in [6, 6.07) is 8.11. The van der Waals surface area contributed by atoms with Gasteiger partial charge in [0.2, 0.25) is 0 Å². The fourth-order valence-electron chi connectivity index (χ4n) is 2.17. The highest BCUT2D eigenvalue weighted by Crippen LogP contribution is 2.19. The largest absolute Gasteiger partial charge is 0.462 e. The van der Waals surface area contributed by atoms with Gasteiger partial charge in [0.05, 0.1) is 6.61 Å². The molecule has 1 rings (SSSR count). The third-order valence-corrected chi connectivity index (χ3v) is 3.80. The third-order valence-electron chi connectivity index (χ3n) is 3.80.